The molecule has 0 saturated carbocycles. The minimum Gasteiger partial charge on any atom is -0.368 e. The highest BCUT2D eigenvalue weighted by atomic mass is 35.5. The van der Waals surface area contributed by atoms with Crippen molar-refractivity contribution in [3.63, 3.8) is 0 Å². The van der Waals surface area contributed by atoms with Crippen LogP contribution >= 0.6 is 11.6 Å². The summed E-state index contributed by atoms with van der Waals surface area (Å²) in [6.45, 7) is 2.60. The predicted octanol–water partition coefficient (Wildman–Crippen LogP) is 3.02. The molecule has 3 rings (SSSR count). The summed E-state index contributed by atoms with van der Waals surface area (Å²) in [5.41, 5.74) is 13.0. The van der Waals surface area contributed by atoms with E-state index in [0.717, 1.165) is 22.6 Å². The van der Waals surface area contributed by atoms with Crippen molar-refractivity contribution in [1.82, 2.24) is 10.3 Å². The van der Waals surface area contributed by atoms with E-state index in [9.17, 15) is 4.79 Å². The second-order valence-corrected chi connectivity index (χ2v) is 5.74. The van der Waals surface area contributed by atoms with Crippen molar-refractivity contribution in [2.45, 2.75) is 6.92 Å². The lowest BCUT2D eigenvalue weighted by Crippen LogP contribution is -2.29. The first-order valence-electron chi connectivity index (χ1n) is 7.19. The van der Waals surface area contributed by atoms with E-state index in [2.05, 4.69) is 10.7 Å². The number of hydrogen-bond donors (Lipinski definition) is 3. The van der Waals surface area contributed by atoms with E-state index in [1.165, 1.54) is 0 Å². The molecule has 118 valence electrons. The van der Waals surface area contributed by atoms with Crippen molar-refractivity contribution < 1.29 is 4.79 Å². The van der Waals surface area contributed by atoms with Crippen LogP contribution in [0, 0.1) is 0 Å². The fourth-order valence-electron chi connectivity index (χ4n) is 2.56. The molecular weight excluding hydrogens is 312 g/mol. The SMILES string of the molecule is CC1=C(c2cccc(C(N)=O)c2)N(Nc2cccc(Cl)c2)CN1. The van der Waals surface area contributed by atoms with Gasteiger partial charge in [-0.3, -0.25) is 15.2 Å². The molecule has 1 heterocycles. The average molecular weight is 329 g/mol. The molecule has 1 aliphatic heterocycles. The van der Waals surface area contributed by atoms with Gasteiger partial charge in [0.1, 0.15) is 6.67 Å². The summed E-state index contributed by atoms with van der Waals surface area (Å²) >= 11 is 6.03. The maximum atomic E-state index is 11.4. The quantitative estimate of drug-likeness (QED) is 0.807. The lowest BCUT2D eigenvalue weighted by Gasteiger charge is -2.24. The molecule has 2 aromatic rings. The molecule has 1 amide bonds. The molecule has 6 heteroatoms. The first kappa shape index (κ1) is 15.2. The van der Waals surface area contributed by atoms with Crippen LogP contribution in [0.25, 0.3) is 5.70 Å². The number of benzene rings is 2. The standard InChI is InChI=1S/C17H17ClN4O/c1-11-16(12-4-2-5-13(8-12)17(19)23)22(10-20-11)21-15-7-3-6-14(18)9-15/h2-9,20-21H,10H2,1H3,(H2,19,23). The predicted molar refractivity (Wildman–Crippen MR) is 92.5 cm³/mol. The summed E-state index contributed by atoms with van der Waals surface area (Å²) in [6.07, 6.45) is 0. The smallest absolute Gasteiger partial charge is 0.248 e. The van der Waals surface area contributed by atoms with Gasteiger partial charge in [0.2, 0.25) is 5.91 Å². The number of anilines is 1. The molecule has 0 atom stereocenters. The molecule has 5 nitrogen and oxygen atoms in total. The zero-order valence-corrected chi connectivity index (χ0v) is 13.4. The number of rotatable bonds is 4. The highest BCUT2D eigenvalue weighted by molar-refractivity contribution is 6.30. The second-order valence-electron chi connectivity index (χ2n) is 5.30. The summed E-state index contributed by atoms with van der Waals surface area (Å²) < 4.78 is 0. The van der Waals surface area contributed by atoms with E-state index in [-0.39, 0.29) is 0 Å². The Kier molecular flexibility index (Phi) is 4.12. The molecule has 4 N–H and O–H groups in total. The van der Waals surface area contributed by atoms with Gasteiger partial charge < -0.3 is 11.1 Å². The van der Waals surface area contributed by atoms with Crippen molar-refractivity contribution in [2.75, 3.05) is 12.1 Å². The third-order valence-corrected chi connectivity index (χ3v) is 3.87. The summed E-state index contributed by atoms with van der Waals surface area (Å²) in [5.74, 6) is -0.439. The fraction of sp³-hybridized carbons (Fsp3) is 0.118. The number of nitrogens with two attached hydrogens (primary N) is 1. The van der Waals surface area contributed by atoms with E-state index in [0.29, 0.717) is 17.3 Å². The number of allylic oxidation sites excluding steroid dienone is 1. The highest BCUT2D eigenvalue weighted by Gasteiger charge is 2.21. The van der Waals surface area contributed by atoms with Gasteiger partial charge in [-0.2, -0.15) is 0 Å². The first-order chi connectivity index (χ1) is 11.0. The van der Waals surface area contributed by atoms with Gasteiger partial charge in [0.15, 0.2) is 0 Å². The van der Waals surface area contributed by atoms with Crippen LogP contribution in [0.5, 0.6) is 0 Å². The topological polar surface area (TPSA) is 70.4 Å². The lowest BCUT2D eigenvalue weighted by molar-refractivity contribution is 0.100. The summed E-state index contributed by atoms with van der Waals surface area (Å²) in [5, 5.41) is 5.94. The number of amides is 1. The third kappa shape index (κ3) is 3.24. The molecule has 0 fully saturated rings. The minimum absolute atomic E-state index is 0.439. The summed E-state index contributed by atoms with van der Waals surface area (Å²) in [7, 11) is 0. The number of hydrogen-bond acceptors (Lipinski definition) is 4. The largest absolute Gasteiger partial charge is 0.368 e. The fourth-order valence-corrected chi connectivity index (χ4v) is 2.75. The number of hydrazine groups is 1. The Morgan fingerprint density at radius 2 is 2.04 bits per heavy atom. The van der Waals surface area contributed by atoms with E-state index in [1.807, 2.05) is 48.3 Å². The van der Waals surface area contributed by atoms with Crippen LogP contribution in [0.1, 0.15) is 22.8 Å². The molecule has 0 bridgehead atoms. The number of carbonyl (C=O) groups is 1. The Morgan fingerprint density at radius 3 is 2.78 bits per heavy atom. The van der Waals surface area contributed by atoms with E-state index < -0.39 is 5.91 Å². The van der Waals surface area contributed by atoms with Crippen molar-refractivity contribution in [3.05, 3.63) is 70.4 Å². The minimum atomic E-state index is -0.439. The maximum absolute atomic E-state index is 11.4. The van der Waals surface area contributed by atoms with Crippen LogP contribution in [-0.2, 0) is 0 Å². The van der Waals surface area contributed by atoms with Gasteiger partial charge in [0.25, 0.3) is 0 Å². The molecule has 0 aromatic heterocycles. The zero-order chi connectivity index (χ0) is 16.4. The van der Waals surface area contributed by atoms with Crippen molar-refractivity contribution >= 4 is 28.9 Å². The van der Waals surface area contributed by atoms with Gasteiger partial charge in [-0.05, 0) is 37.3 Å². The molecule has 0 spiro atoms. The van der Waals surface area contributed by atoms with Crippen LogP contribution < -0.4 is 16.5 Å². The van der Waals surface area contributed by atoms with Gasteiger partial charge in [0.05, 0.1) is 11.4 Å². The zero-order valence-electron chi connectivity index (χ0n) is 12.6. The highest BCUT2D eigenvalue weighted by Crippen LogP contribution is 2.27. The number of carbonyl (C=O) groups excluding carboxylic acids is 1. The Balaban J connectivity index is 1.91. The Bertz CT molecular complexity index is 788. The number of primary amides is 1. The van der Waals surface area contributed by atoms with Crippen molar-refractivity contribution in [2.24, 2.45) is 5.73 Å². The molecule has 0 unspecified atom stereocenters. The summed E-state index contributed by atoms with van der Waals surface area (Å²) in [6, 6.07) is 14.8. The second kappa shape index (κ2) is 6.22. The summed E-state index contributed by atoms with van der Waals surface area (Å²) in [4.78, 5) is 11.4. The van der Waals surface area contributed by atoms with Crippen LogP contribution in [0.4, 0.5) is 5.69 Å². The molecule has 0 radical (unpaired) electrons. The molecular formula is C17H17ClN4O. The first-order valence-corrected chi connectivity index (χ1v) is 7.57. The van der Waals surface area contributed by atoms with Gasteiger partial charge in [-0.1, -0.05) is 29.8 Å². The van der Waals surface area contributed by atoms with E-state index in [1.54, 1.807) is 12.1 Å². The van der Waals surface area contributed by atoms with Crippen molar-refractivity contribution in [3.8, 4) is 0 Å². The van der Waals surface area contributed by atoms with Crippen LogP contribution in [0.15, 0.2) is 54.2 Å². The lowest BCUT2D eigenvalue weighted by atomic mass is 10.1. The third-order valence-electron chi connectivity index (χ3n) is 3.64. The molecule has 2 aromatic carbocycles. The van der Waals surface area contributed by atoms with Crippen molar-refractivity contribution in [1.29, 1.82) is 0 Å². The van der Waals surface area contributed by atoms with Crippen LogP contribution in [0.3, 0.4) is 0 Å². The Morgan fingerprint density at radius 1 is 1.26 bits per heavy atom. The molecule has 1 aliphatic rings. The van der Waals surface area contributed by atoms with Gasteiger partial charge >= 0.3 is 0 Å². The number of halogens is 1. The number of nitrogens with one attached hydrogen (secondary N) is 2. The molecule has 23 heavy (non-hydrogen) atoms. The monoisotopic (exact) mass is 328 g/mol. The van der Waals surface area contributed by atoms with Gasteiger partial charge in [-0.15, -0.1) is 0 Å². The normalized spacial score (nSPS) is 13.9. The molecule has 0 saturated heterocycles. The van der Waals surface area contributed by atoms with E-state index >= 15 is 0 Å². The Labute approximate surface area is 139 Å². The molecule has 0 aliphatic carbocycles. The van der Waals surface area contributed by atoms with E-state index in [4.69, 9.17) is 17.3 Å². The van der Waals surface area contributed by atoms with Gasteiger partial charge in [0, 0.05) is 21.8 Å². The Hall–Kier alpha value is -2.66. The van der Waals surface area contributed by atoms with Crippen LogP contribution in [0.2, 0.25) is 5.02 Å². The average Bonchev–Trinajstić information content (AvgIpc) is 2.88. The van der Waals surface area contributed by atoms with Crippen LogP contribution in [-0.4, -0.2) is 17.6 Å². The number of nitrogens with zero attached hydrogens (tertiary/aromatic N) is 1. The van der Waals surface area contributed by atoms with Gasteiger partial charge in [-0.25, -0.2) is 0 Å². The maximum Gasteiger partial charge on any atom is 0.248 e.